The van der Waals surface area contributed by atoms with E-state index in [0.29, 0.717) is 0 Å². The standard InChI is InChI=1S/C14H25N.ClH/c1-3-5-7-8-12-15-13-9-11-14(15)10-6-4-2;/h9,11,13H,3-8,10,12H2,1-2H3;1H. The SMILES string of the molecule is CCCCCC[NH+]1C=CC=C1CCCC.[Cl-]. The Bertz CT molecular complexity index is 221. The predicted octanol–water partition coefficient (Wildman–Crippen LogP) is 0.0570. The molecule has 0 aliphatic carbocycles. The number of rotatable bonds is 8. The second-order valence-electron chi connectivity index (χ2n) is 4.49. The number of hydrogen-bond acceptors (Lipinski definition) is 0. The van der Waals surface area contributed by atoms with Gasteiger partial charge in [0.05, 0.1) is 12.7 Å². The predicted molar refractivity (Wildman–Crippen MR) is 66.7 cm³/mol. The van der Waals surface area contributed by atoms with Crippen molar-refractivity contribution in [2.45, 2.75) is 58.8 Å². The number of unbranched alkanes of at least 4 members (excludes halogenated alkanes) is 4. The van der Waals surface area contributed by atoms with Gasteiger partial charge in [-0.1, -0.05) is 33.1 Å². The fourth-order valence-corrected chi connectivity index (χ4v) is 2.09. The lowest BCUT2D eigenvalue weighted by Gasteiger charge is -2.14. The van der Waals surface area contributed by atoms with E-state index in [1.165, 1.54) is 51.5 Å². The lowest BCUT2D eigenvalue weighted by atomic mass is 10.1. The summed E-state index contributed by atoms with van der Waals surface area (Å²) in [6, 6.07) is 0. The van der Waals surface area contributed by atoms with E-state index in [1.807, 2.05) is 0 Å². The second kappa shape index (κ2) is 9.92. The van der Waals surface area contributed by atoms with E-state index in [4.69, 9.17) is 0 Å². The molecule has 0 saturated heterocycles. The molecule has 0 radical (unpaired) electrons. The third-order valence-corrected chi connectivity index (χ3v) is 3.11. The summed E-state index contributed by atoms with van der Waals surface area (Å²) in [6.07, 6.45) is 16.3. The molecule has 1 aliphatic rings. The lowest BCUT2D eigenvalue weighted by molar-refractivity contribution is -0.804. The zero-order valence-corrected chi connectivity index (χ0v) is 11.5. The molecule has 0 spiro atoms. The third kappa shape index (κ3) is 5.72. The highest BCUT2D eigenvalue weighted by Crippen LogP contribution is 2.05. The molecule has 2 heteroatoms. The molecule has 1 N–H and O–H groups in total. The fourth-order valence-electron chi connectivity index (χ4n) is 2.09. The Balaban J connectivity index is 0.00000225. The summed E-state index contributed by atoms with van der Waals surface area (Å²) in [4.78, 5) is 1.61. The van der Waals surface area contributed by atoms with Crippen LogP contribution < -0.4 is 17.3 Å². The molecule has 1 atom stereocenters. The number of quaternary nitrogens is 1. The fraction of sp³-hybridized carbons (Fsp3) is 0.714. The Kier molecular flexibility index (Phi) is 9.75. The molecular formula is C14H26ClN. The molecule has 0 bridgehead atoms. The van der Waals surface area contributed by atoms with E-state index in [0.717, 1.165) is 0 Å². The zero-order chi connectivity index (χ0) is 10.9. The highest BCUT2D eigenvalue weighted by Gasteiger charge is 2.14. The Morgan fingerprint density at radius 2 is 1.75 bits per heavy atom. The number of halogens is 1. The van der Waals surface area contributed by atoms with Gasteiger partial charge in [0.2, 0.25) is 0 Å². The Morgan fingerprint density at radius 3 is 2.44 bits per heavy atom. The van der Waals surface area contributed by atoms with E-state index in [1.54, 1.807) is 10.6 Å². The molecule has 0 aromatic heterocycles. The maximum Gasteiger partial charge on any atom is 0.112 e. The van der Waals surface area contributed by atoms with Crippen LogP contribution in [-0.4, -0.2) is 6.54 Å². The molecule has 1 aliphatic heterocycles. The molecule has 0 fully saturated rings. The highest BCUT2D eigenvalue weighted by atomic mass is 35.5. The van der Waals surface area contributed by atoms with Crippen LogP contribution in [0.25, 0.3) is 0 Å². The summed E-state index contributed by atoms with van der Waals surface area (Å²) in [5.41, 5.74) is 1.60. The van der Waals surface area contributed by atoms with Gasteiger partial charge in [0.15, 0.2) is 0 Å². The van der Waals surface area contributed by atoms with Crippen LogP contribution in [-0.2, 0) is 0 Å². The second-order valence-corrected chi connectivity index (χ2v) is 4.49. The van der Waals surface area contributed by atoms with Crippen LogP contribution in [0.4, 0.5) is 0 Å². The van der Waals surface area contributed by atoms with Gasteiger partial charge in [-0.15, -0.1) is 0 Å². The van der Waals surface area contributed by atoms with E-state index in [2.05, 4.69) is 32.2 Å². The van der Waals surface area contributed by atoms with Crippen molar-refractivity contribution in [3.63, 3.8) is 0 Å². The van der Waals surface area contributed by atoms with Crippen LogP contribution >= 0.6 is 0 Å². The molecular weight excluding hydrogens is 218 g/mol. The summed E-state index contributed by atoms with van der Waals surface area (Å²) in [7, 11) is 0. The minimum absolute atomic E-state index is 0. The average Bonchev–Trinajstić information content (AvgIpc) is 2.69. The minimum Gasteiger partial charge on any atom is -1.00 e. The molecule has 1 rings (SSSR count). The van der Waals surface area contributed by atoms with Crippen molar-refractivity contribution in [1.29, 1.82) is 0 Å². The maximum atomic E-state index is 2.32. The smallest absolute Gasteiger partial charge is 0.112 e. The van der Waals surface area contributed by atoms with E-state index >= 15 is 0 Å². The molecule has 1 heterocycles. The zero-order valence-electron chi connectivity index (χ0n) is 10.8. The molecule has 0 amide bonds. The van der Waals surface area contributed by atoms with Gasteiger partial charge in [-0.25, -0.2) is 0 Å². The minimum atomic E-state index is 0. The topological polar surface area (TPSA) is 4.44 Å². The van der Waals surface area contributed by atoms with Crippen LogP contribution in [0.5, 0.6) is 0 Å². The average molecular weight is 244 g/mol. The molecule has 94 valence electrons. The first kappa shape index (κ1) is 15.7. The van der Waals surface area contributed by atoms with Crippen molar-refractivity contribution >= 4 is 0 Å². The van der Waals surface area contributed by atoms with Crippen molar-refractivity contribution in [3.05, 3.63) is 24.0 Å². The van der Waals surface area contributed by atoms with Gasteiger partial charge in [-0.2, -0.15) is 0 Å². The first-order valence-electron chi connectivity index (χ1n) is 6.62. The van der Waals surface area contributed by atoms with E-state index in [-0.39, 0.29) is 12.4 Å². The normalized spacial score (nSPS) is 18.4. The summed E-state index contributed by atoms with van der Waals surface area (Å²) < 4.78 is 0. The maximum absolute atomic E-state index is 2.32. The van der Waals surface area contributed by atoms with Gasteiger partial charge >= 0.3 is 0 Å². The number of nitrogens with one attached hydrogen (secondary N) is 1. The van der Waals surface area contributed by atoms with Gasteiger partial charge in [0.25, 0.3) is 0 Å². The van der Waals surface area contributed by atoms with Crippen molar-refractivity contribution < 1.29 is 17.3 Å². The van der Waals surface area contributed by atoms with Gasteiger partial charge in [0, 0.05) is 12.5 Å². The van der Waals surface area contributed by atoms with Crippen LogP contribution in [0.1, 0.15) is 58.8 Å². The monoisotopic (exact) mass is 243 g/mol. The highest BCUT2D eigenvalue weighted by molar-refractivity contribution is 5.10. The lowest BCUT2D eigenvalue weighted by Crippen LogP contribution is -3.04. The third-order valence-electron chi connectivity index (χ3n) is 3.11. The first-order valence-corrected chi connectivity index (χ1v) is 6.62. The van der Waals surface area contributed by atoms with Gasteiger partial charge < -0.3 is 12.4 Å². The molecule has 1 nitrogen and oxygen atoms in total. The molecule has 0 saturated carbocycles. The molecule has 0 aromatic carbocycles. The van der Waals surface area contributed by atoms with E-state index < -0.39 is 0 Å². The summed E-state index contributed by atoms with van der Waals surface area (Å²) >= 11 is 0. The van der Waals surface area contributed by atoms with Crippen molar-refractivity contribution in [1.82, 2.24) is 0 Å². The number of allylic oxidation sites excluding steroid dienone is 3. The summed E-state index contributed by atoms with van der Waals surface area (Å²) in [5.74, 6) is 0. The van der Waals surface area contributed by atoms with Crippen molar-refractivity contribution in [3.8, 4) is 0 Å². The summed E-state index contributed by atoms with van der Waals surface area (Å²) in [6.45, 7) is 5.84. The molecule has 1 unspecified atom stereocenters. The molecule has 16 heavy (non-hydrogen) atoms. The van der Waals surface area contributed by atoms with Crippen molar-refractivity contribution in [2.75, 3.05) is 6.54 Å². The van der Waals surface area contributed by atoms with Crippen LogP contribution in [0, 0.1) is 0 Å². The van der Waals surface area contributed by atoms with Crippen LogP contribution in [0.3, 0.4) is 0 Å². The Labute approximate surface area is 107 Å². The Morgan fingerprint density at radius 1 is 1.00 bits per heavy atom. The Hall–Kier alpha value is -0.270. The van der Waals surface area contributed by atoms with Gasteiger partial charge in [-0.05, 0) is 25.3 Å². The van der Waals surface area contributed by atoms with Crippen LogP contribution in [0.15, 0.2) is 24.0 Å². The number of hydrogen-bond donors (Lipinski definition) is 1. The van der Waals surface area contributed by atoms with Gasteiger partial charge in [-0.3, -0.25) is 4.90 Å². The quantitative estimate of drug-likeness (QED) is 0.575. The molecule has 0 aromatic rings. The van der Waals surface area contributed by atoms with Crippen molar-refractivity contribution in [2.24, 2.45) is 0 Å². The van der Waals surface area contributed by atoms with E-state index in [9.17, 15) is 0 Å². The largest absolute Gasteiger partial charge is 1.00 e. The summed E-state index contributed by atoms with van der Waals surface area (Å²) in [5, 5.41) is 0. The van der Waals surface area contributed by atoms with Gasteiger partial charge in [0.1, 0.15) is 5.70 Å². The first-order chi connectivity index (χ1) is 7.38. The van der Waals surface area contributed by atoms with Crippen LogP contribution in [0.2, 0.25) is 0 Å².